The Hall–Kier alpha value is -5.07. The van der Waals surface area contributed by atoms with Crippen LogP contribution in [-0.2, 0) is 24.0 Å². The fourth-order valence-electron chi connectivity index (χ4n) is 6.33. The number of carbonyl (C=O) groups excluding carboxylic acids is 4. The fraction of sp³-hybridized carbons (Fsp3) is 0.250. The molecule has 3 aromatic carbocycles. The highest BCUT2D eigenvalue weighted by atomic mass is 32.2. The zero-order valence-electron chi connectivity index (χ0n) is 29.3. The lowest BCUT2D eigenvalue weighted by Gasteiger charge is -2.30. The summed E-state index contributed by atoms with van der Waals surface area (Å²) in [7, 11) is -10.0. The van der Waals surface area contributed by atoms with E-state index in [-0.39, 0.29) is 53.4 Å². The number of aromatic hydroxyl groups is 2. The Bertz CT molecular complexity index is 2380. The van der Waals surface area contributed by atoms with Gasteiger partial charge < -0.3 is 30.7 Å². The number of ketones is 3. The number of nitrogens with zero attached hydrogens (tertiary/aromatic N) is 2. The second-order valence-electron chi connectivity index (χ2n) is 12.5. The summed E-state index contributed by atoms with van der Waals surface area (Å²) in [5.41, 5.74) is 10.1. The van der Waals surface area contributed by atoms with Crippen LogP contribution in [0.2, 0.25) is 0 Å². The van der Waals surface area contributed by atoms with Gasteiger partial charge in [0.25, 0.3) is 10.1 Å². The molecule has 1 atom stereocenters. The van der Waals surface area contributed by atoms with Gasteiger partial charge in [-0.1, -0.05) is 60.7 Å². The van der Waals surface area contributed by atoms with E-state index in [0.29, 0.717) is 17.2 Å². The van der Waals surface area contributed by atoms with Crippen molar-refractivity contribution in [1.82, 2.24) is 4.68 Å². The molecule has 7 N–H and O–H groups in total. The number of hydrogen-bond donors (Lipinski definition) is 5. The van der Waals surface area contributed by atoms with Crippen LogP contribution >= 0.6 is 31.1 Å². The van der Waals surface area contributed by atoms with Crippen molar-refractivity contribution in [2.24, 2.45) is 10.8 Å². The highest BCUT2D eigenvalue weighted by Crippen LogP contribution is 2.65. The zero-order chi connectivity index (χ0) is 40.4. The first-order chi connectivity index (χ1) is 26.6. The lowest BCUT2D eigenvalue weighted by Crippen LogP contribution is -2.29. The first kappa shape index (κ1) is 40.6. The molecule has 0 fully saturated rings. The molecular weight excluding hydrogens is 808 g/mol. The summed E-state index contributed by atoms with van der Waals surface area (Å²) in [5, 5.41) is 25.0. The Kier molecular flexibility index (Phi) is 12.0. The predicted octanol–water partition coefficient (Wildman–Crippen LogP) is 5.40. The smallest absolute Gasteiger partial charge is 0.444 e. The van der Waals surface area contributed by atoms with Crippen molar-refractivity contribution >= 4 is 76.1 Å². The van der Waals surface area contributed by atoms with Gasteiger partial charge in [-0.2, -0.15) is 36.6 Å². The van der Waals surface area contributed by atoms with E-state index in [1.54, 1.807) is 60.7 Å². The van der Waals surface area contributed by atoms with Crippen molar-refractivity contribution in [3.8, 4) is 17.5 Å². The van der Waals surface area contributed by atoms with Gasteiger partial charge in [-0.25, -0.2) is 4.57 Å². The highest BCUT2D eigenvalue weighted by molar-refractivity contribution is 7.99. The van der Waals surface area contributed by atoms with Crippen molar-refractivity contribution in [3.63, 3.8) is 0 Å². The van der Waals surface area contributed by atoms with E-state index in [2.05, 4.69) is 5.10 Å². The van der Waals surface area contributed by atoms with E-state index >= 15 is 4.57 Å². The minimum atomic E-state index is -5.09. The Balaban J connectivity index is 1.71. The minimum Gasteiger partial charge on any atom is -0.493 e. The number of aromatic nitrogens is 1. The number of thioether (sulfide) groups is 2. The van der Waals surface area contributed by atoms with E-state index in [1.807, 2.05) is 0 Å². The molecule has 6 rings (SSSR count). The van der Waals surface area contributed by atoms with Gasteiger partial charge in [0.05, 0.1) is 23.2 Å². The number of benzene rings is 3. The molecule has 0 saturated carbocycles. The maximum Gasteiger partial charge on any atom is 0.444 e. The molecule has 56 heavy (non-hydrogen) atoms. The summed E-state index contributed by atoms with van der Waals surface area (Å²) >= 11 is 2.51. The molecule has 294 valence electrons. The van der Waals surface area contributed by atoms with Crippen LogP contribution in [0.5, 0.6) is 17.5 Å². The molecular formula is C36H35N4O12PS3. The second-order valence-corrected chi connectivity index (χ2v) is 18.3. The monoisotopic (exact) mass is 842 g/mol. The van der Waals surface area contributed by atoms with Crippen LogP contribution in [0.15, 0.2) is 76.7 Å². The zero-order valence-corrected chi connectivity index (χ0v) is 32.7. The number of nitrogen functional groups attached to an aromatic ring is 1. The van der Waals surface area contributed by atoms with Gasteiger partial charge in [0, 0.05) is 59.5 Å². The maximum atomic E-state index is 15.6. The van der Waals surface area contributed by atoms with Gasteiger partial charge in [-0.3, -0.25) is 23.7 Å². The van der Waals surface area contributed by atoms with Crippen LogP contribution in [0.25, 0.3) is 0 Å². The fourth-order valence-corrected chi connectivity index (χ4v) is 10.8. The molecule has 0 spiro atoms. The molecule has 1 unspecified atom stereocenters. The van der Waals surface area contributed by atoms with E-state index in [1.165, 1.54) is 23.5 Å². The van der Waals surface area contributed by atoms with Gasteiger partial charge in [0.2, 0.25) is 11.8 Å². The summed E-state index contributed by atoms with van der Waals surface area (Å²) in [6.45, 7) is 0. The number of amidine groups is 1. The van der Waals surface area contributed by atoms with Crippen molar-refractivity contribution in [1.29, 1.82) is 0 Å². The number of carbonyl (C=O) groups is 4. The minimum absolute atomic E-state index is 0.145. The third-order valence-corrected chi connectivity index (χ3v) is 13.8. The molecule has 2 aliphatic rings. The van der Waals surface area contributed by atoms with Crippen molar-refractivity contribution in [3.05, 3.63) is 100 Å². The topological polar surface area (TPSA) is 268 Å². The molecule has 2 aliphatic heterocycles. The predicted molar refractivity (Wildman–Crippen MR) is 210 cm³/mol. The van der Waals surface area contributed by atoms with E-state index in [4.69, 9.17) is 20.5 Å². The van der Waals surface area contributed by atoms with Crippen molar-refractivity contribution < 1.29 is 56.0 Å². The molecule has 0 radical (unpaired) electrons. The molecule has 0 aliphatic carbocycles. The Labute approximate surface area is 328 Å². The molecule has 16 nitrogen and oxygen atoms in total. The number of hydrogen-bond acceptors (Lipinski definition) is 15. The van der Waals surface area contributed by atoms with E-state index in [9.17, 15) is 42.4 Å². The average molecular weight is 843 g/mol. The summed E-state index contributed by atoms with van der Waals surface area (Å²) in [6.07, 6.45) is -0.855. The third kappa shape index (κ3) is 8.22. The standard InChI is InChI=1S/C36H35N4O12PS3/c37-32-29-23(42)12-16-54-15-11-22(41)28(31(29)35(38)39-40-26(44)19-25(36(40)46)56(48,49)50)30-24(43)13-17-55-18-14-27(45)51-53(47,52-33(30)32)34(20-7-3-1-4-8-20)21-9-5-2-6-10-21/h1-10,19,34,44,46H,11-18,37H2,(H2,38,39)(H,48,49,50). The Morgan fingerprint density at radius 3 is 1.80 bits per heavy atom. The highest BCUT2D eigenvalue weighted by Gasteiger charge is 2.46. The average Bonchev–Trinajstić information content (AvgIpc) is 3.44. The summed E-state index contributed by atoms with van der Waals surface area (Å²) in [6, 6.07) is 17.2. The number of Topliss-reactive ketones (excluding diaryl/α,β-unsaturated/α-hetero) is 3. The number of anilines is 1. The number of fused-ring (bicyclic) bond motifs is 4. The quantitative estimate of drug-likeness (QED) is 0.0534. The lowest BCUT2D eigenvalue weighted by atomic mass is 9.85. The second kappa shape index (κ2) is 16.6. The normalized spacial score (nSPS) is 19.0. The summed E-state index contributed by atoms with van der Waals surface area (Å²) in [4.78, 5) is 55.3. The van der Waals surface area contributed by atoms with Crippen LogP contribution in [-0.4, -0.2) is 80.0 Å². The van der Waals surface area contributed by atoms with Crippen LogP contribution in [0, 0.1) is 0 Å². The SMILES string of the molecule is NC(=Nn1c(O)cc(S(=O)(=O)O)c1O)c1c2c(N)c3c(c1C(=O)CCSCCC2=O)C(=O)CCSCCC(=O)OP(=O)(C(c1ccccc1)c1ccccc1)O3. The molecule has 0 saturated heterocycles. The largest absolute Gasteiger partial charge is 0.493 e. The van der Waals surface area contributed by atoms with E-state index < -0.39 is 103 Å². The van der Waals surface area contributed by atoms with Gasteiger partial charge in [0.1, 0.15) is 5.66 Å². The van der Waals surface area contributed by atoms with E-state index in [0.717, 1.165) is 0 Å². The van der Waals surface area contributed by atoms with Gasteiger partial charge in [-0.15, -0.1) is 5.10 Å². The van der Waals surface area contributed by atoms with Crippen molar-refractivity contribution in [2.75, 3.05) is 28.7 Å². The van der Waals surface area contributed by atoms with Gasteiger partial charge >= 0.3 is 13.6 Å². The summed E-state index contributed by atoms with van der Waals surface area (Å²) in [5.74, 6) is -6.13. The number of rotatable bonds is 6. The van der Waals surface area contributed by atoms with Crippen LogP contribution in [0.4, 0.5) is 5.69 Å². The molecule has 4 aromatic rings. The molecule has 1 aromatic heterocycles. The van der Waals surface area contributed by atoms with Gasteiger partial charge in [0.15, 0.2) is 33.8 Å². The maximum absolute atomic E-state index is 15.6. The molecule has 20 heteroatoms. The van der Waals surface area contributed by atoms with Gasteiger partial charge in [-0.05, 0) is 11.1 Å². The van der Waals surface area contributed by atoms with Crippen LogP contribution in [0.1, 0.15) is 79.1 Å². The Morgan fingerprint density at radius 2 is 1.29 bits per heavy atom. The number of nitrogens with two attached hydrogens (primary N) is 2. The Morgan fingerprint density at radius 1 is 0.786 bits per heavy atom. The van der Waals surface area contributed by atoms with Crippen LogP contribution < -0.4 is 16.0 Å². The molecule has 2 bridgehead atoms. The first-order valence-electron chi connectivity index (χ1n) is 16.9. The third-order valence-electron chi connectivity index (χ3n) is 8.83. The summed E-state index contributed by atoms with van der Waals surface area (Å²) < 4.78 is 61.2. The lowest BCUT2D eigenvalue weighted by molar-refractivity contribution is -0.134. The van der Waals surface area contributed by atoms with Crippen molar-refractivity contribution in [2.45, 2.75) is 36.2 Å². The molecule has 3 heterocycles. The van der Waals surface area contributed by atoms with Crippen LogP contribution in [0.3, 0.4) is 0 Å². The first-order valence-corrected chi connectivity index (χ1v) is 22.3. The molecule has 0 amide bonds.